The van der Waals surface area contributed by atoms with E-state index >= 15 is 0 Å². The highest BCUT2D eigenvalue weighted by Gasteiger charge is 2.31. The van der Waals surface area contributed by atoms with Crippen LogP contribution in [0.4, 0.5) is 5.69 Å². The average Bonchev–Trinajstić information content (AvgIpc) is 3.40. The Hall–Kier alpha value is -1.64. The van der Waals surface area contributed by atoms with E-state index in [2.05, 4.69) is 5.32 Å². The van der Waals surface area contributed by atoms with Crippen LogP contribution in [0.1, 0.15) is 12.8 Å². The first-order chi connectivity index (χ1) is 11.0. The highest BCUT2D eigenvalue weighted by molar-refractivity contribution is 7.89. The first-order valence-corrected chi connectivity index (χ1v) is 9.03. The van der Waals surface area contributed by atoms with E-state index in [-0.39, 0.29) is 16.7 Å². The third kappa shape index (κ3) is 3.49. The van der Waals surface area contributed by atoms with Crippen molar-refractivity contribution >= 4 is 21.6 Å². The summed E-state index contributed by atoms with van der Waals surface area (Å²) in [6.07, 6.45) is 1.75. The van der Waals surface area contributed by atoms with Crippen molar-refractivity contribution in [1.82, 2.24) is 4.31 Å². The summed E-state index contributed by atoms with van der Waals surface area (Å²) in [5.74, 6) is 0.378. The van der Waals surface area contributed by atoms with Crippen molar-refractivity contribution in [3.05, 3.63) is 18.2 Å². The van der Waals surface area contributed by atoms with E-state index in [0.717, 1.165) is 12.8 Å². The Morgan fingerprint density at radius 2 is 2.00 bits per heavy atom. The van der Waals surface area contributed by atoms with E-state index in [1.807, 2.05) is 0 Å². The standard InChI is InChI=1S/C15H20N2O5S/c1-21-14-5-4-12(10-13(14)16-15(18)11-2-3-11)23(19,20)17-6-8-22-9-7-17/h4-5,10-11H,2-3,6-9H2,1H3,(H,16,18). The molecule has 8 heteroatoms. The lowest BCUT2D eigenvalue weighted by molar-refractivity contribution is -0.117. The number of morpholine rings is 1. The Morgan fingerprint density at radius 3 is 2.61 bits per heavy atom. The number of amides is 1. The number of hydrogen-bond donors (Lipinski definition) is 1. The van der Waals surface area contributed by atoms with Gasteiger partial charge >= 0.3 is 0 Å². The first kappa shape index (κ1) is 16.2. The number of rotatable bonds is 5. The molecule has 0 unspecified atom stereocenters. The van der Waals surface area contributed by atoms with Crippen LogP contribution < -0.4 is 10.1 Å². The zero-order valence-electron chi connectivity index (χ0n) is 12.9. The Kier molecular flexibility index (Phi) is 4.56. The lowest BCUT2D eigenvalue weighted by atomic mass is 10.2. The van der Waals surface area contributed by atoms with Crippen molar-refractivity contribution in [2.75, 3.05) is 38.7 Å². The normalized spacial score (nSPS) is 19.3. The van der Waals surface area contributed by atoms with E-state index in [0.29, 0.717) is 37.7 Å². The maximum atomic E-state index is 12.7. The van der Waals surface area contributed by atoms with Gasteiger partial charge in [0.05, 0.1) is 30.9 Å². The number of nitrogens with one attached hydrogen (secondary N) is 1. The maximum absolute atomic E-state index is 12.7. The molecule has 0 radical (unpaired) electrons. The van der Waals surface area contributed by atoms with Gasteiger partial charge in [0, 0.05) is 19.0 Å². The summed E-state index contributed by atoms with van der Waals surface area (Å²) in [4.78, 5) is 12.1. The van der Waals surface area contributed by atoms with Gasteiger partial charge in [-0.05, 0) is 31.0 Å². The molecule has 0 spiro atoms. The van der Waals surface area contributed by atoms with Gasteiger partial charge in [-0.15, -0.1) is 0 Å². The van der Waals surface area contributed by atoms with Gasteiger partial charge in [-0.2, -0.15) is 4.31 Å². The molecule has 1 aromatic carbocycles. The lowest BCUT2D eigenvalue weighted by Gasteiger charge is -2.26. The summed E-state index contributed by atoms with van der Waals surface area (Å²) in [7, 11) is -2.12. The summed E-state index contributed by atoms with van der Waals surface area (Å²) in [5, 5.41) is 2.77. The van der Waals surface area contributed by atoms with Gasteiger partial charge in [0.15, 0.2) is 0 Å². The molecule has 0 aromatic heterocycles. The molecule has 1 amide bonds. The monoisotopic (exact) mass is 340 g/mol. The molecule has 1 aliphatic carbocycles. The molecule has 0 atom stereocenters. The molecule has 2 aliphatic rings. The van der Waals surface area contributed by atoms with Gasteiger partial charge in [-0.3, -0.25) is 4.79 Å². The number of methoxy groups -OCH3 is 1. The van der Waals surface area contributed by atoms with Gasteiger partial charge in [-0.1, -0.05) is 0 Å². The minimum atomic E-state index is -3.60. The van der Waals surface area contributed by atoms with E-state index in [1.165, 1.54) is 23.5 Å². The van der Waals surface area contributed by atoms with E-state index in [9.17, 15) is 13.2 Å². The average molecular weight is 340 g/mol. The van der Waals surface area contributed by atoms with Crippen LogP contribution >= 0.6 is 0 Å². The van der Waals surface area contributed by atoms with E-state index in [1.54, 1.807) is 6.07 Å². The summed E-state index contributed by atoms with van der Waals surface area (Å²) < 4.78 is 37.2. The molecule has 1 N–H and O–H groups in total. The number of ether oxygens (including phenoxy) is 2. The van der Waals surface area contributed by atoms with E-state index in [4.69, 9.17) is 9.47 Å². The summed E-state index contributed by atoms with van der Waals surface area (Å²) >= 11 is 0. The number of carbonyl (C=O) groups is 1. The number of anilines is 1. The number of nitrogens with zero attached hydrogens (tertiary/aromatic N) is 1. The molecule has 1 aliphatic heterocycles. The second kappa shape index (κ2) is 6.46. The van der Waals surface area contributed by atoms with E-state index < -0.39 is 10.0 Å². The molecule has 2 fully saturated rings. The van der Waals surface area contributed by atoms with Crippen molar-refractivity contribution in [3.63, 3.8) is 0 Å². The van der Waals surface area contributed by atoms with Gasteiger partial charge in [0.2, 0.25) is 15.9 Å². The van der Waals surface area contributed by atoms with Crippen molar-refractivity contribution in [2.45, 2.75) is 17.7 Å². The zero-order chi connectivity index (χ0) is 16.4. The van der Waals surface area contributed by atoms with Gasteiger partial charge in [-0.25, -0.2) is 8.42 Å². The molecule has 23 heavy (non-hydrogen) atoms. The van der Waals surface area contributed by atoms with Crippen LogP contribution in [0, 0.1) is 5.92 Å². The summed E-state index contributed by atoms with van der Waals surface area (Å²) in [6.45, 7) is 1.44. The van der Waals surface area contributed by atoms with Gasteiger partial charge in [0.1, 0.15) is 5.75 Å². The molecule has 1 saturated carbocycles. The summed E-state index contributed by atoms with van der Waals surface area (Å²) in [6, 6.07) is 4.52. The number of sulfonamides is 1. The van der Waals surface area contributed by atoms with Crippen LogP contribution in [0.5, 0.6) is 5.75 Å². The SMILES string of the molecule is COc1ccc(S(=O)(=O)N2CCOCC2)cc1NC(=O)C1CC1. The van der Waals surface area contributed by atoms with Crippen molar-refractivity contribution in [3.8, 4) is 5.75 Å². The first-order valence-electron chi connectivity index (χ1n) is 7.59. The van der Waals surface area contributed by atoms with Crippen LogP contribution in [0.2, 0.25) is 0 Å². The fraction of sp³-hybridized carbons (Fsp3) is 0.533. The molecule has 1 aromatic rings. The predicted octanol–water partition coefficient (Wildman–Crippen LogP) is 1.06. The topological polar surface area (TPSA) is 84.9 Å². The van der Waals surface area contributed by atoms with Gasteiger partial charge < -0.3 is 14.8 Å². The van der Waals surface area contributed by atoms with Crippen LogP contribution in [0.25, 0.3) is 0 Å². The Morgan fingerprint density at radius 1 is 1.30 bits per heavy atom. The number of carbonyl (C=O) groups excluding carboxylic acids is 1. The predicted molar refractivity (Wildman–Crippen MR) is 83.9 cm³/mol. The molecule has 0 bridgehead atoms. The van der Waals surface area contributed by atoms with Crippen molar-refractivity contribution in [1.29, 1.82) is 0 Å². The maximum Gasteiger partial charge on any atom is 0.243 e. The Labute approximate surface area is 135 Å². The van der Waals surface area contributed by atoms with Crippen molar-refractivity contribution in [2.24, 2.45) is 5.92 Å². The molecular formula is C15H20N2O5S. The highest BCUT2D eigenvalue weighted by atomic mass is 32.2. The number of benzene rings is 1. The quantitative estimate of drug-likeness (QED) is 0.866. The lowest BCUT2D eigenvalue weighted by Crippen LogP contribution is -2.40. The zero-order valence-corrected chi connectivity index (χ0v) is 13.8. The highest BCUT2D eigenvalue weighted by Crippen LogP contribution is 2.33. The van der Waals surface area contributed by atoms with Crippen LogP contribution in [0.3, 0.4) is 0 Å². The largest absolute Gasteiger partial charge is 0.495 e. The minimum absolute atomic E-state index is 0.0270. The van der Waals surface area contributed by atoms with Crippen LogP contribution in [0.15, 0.2) is 23.1 Å². The van der Waals surface area contributed by atoms with Gasteiger partial charge in [0.25, 0.3) is 0 Å². The fourth-order valence-corrected chi connectivity index (χ4v) is 3.90. The molecule has 126 valence electrons. The van der Waals surface area contributed by atoms with Crippen molar-refractivity contribution < 1.29 is 22.7 Å². The Balaban J connectivity index is 1.88. The molecule has 1 heterocycles. The molecule has 1 saturated heterocycles. The second-order valence-corrected chi connectivity index (χ2v) is 7.58. The van der Waals surface area contributed by atoms with Crippen LogP contribution in [-0.2, 0) is 19.6 Å². The third-order valence-electron chi connectivity index (χ3n) is 3.98. The van der Waals surface area contributed by atoms with Crippen LogP contribution in [-0.4, -0.2) is 52.0 Å². The minimum Gasteiger partial charge on any atom is -0.495 e. The summed E-state index contributed by atoms with van der Waals surface area (Å²) in [5.41, 5.74) is 0.388. The Bertz CT molecular complexity index is 694. The third-order valence-corrected chi connectivity index (χ3v) is 5.88. The number of hydrogen-bond acceptors (Lipinski definition) is 5. The second-order valence-electron chi connectivity index (χ2n) is 5.64. The fourth-order valence-electron chi connectivity index (χ4n) is 2.46. The molecule has 7 nitrogen and oxygen atoms in total. The smallest absolute Gasteiger partial charge is 0.243 e. The molecule has 3 rings (SSSR count). The molecular weight excluding hydrogens is 320 g/mol.